The normalized spacial score (nSPS) is 9.69. The molecule has 0 spiro atoms. The number of halogens is 2. The van der Waals surface area contributed by atoms with Crippen molar-refractivity contribution >= 4 is 0 Å². The Morgan fingerprint density at radius 3 is 2.44 bits per heavy atom. The van der Waals surface area contributed by atoms with E-state index < -0.39 is 11.6 Å². The van der Waals surface area contributed by atoms with Crippen molar-refractivity contribution in [2.45, 2.75) is 19.8 Å². The lowest BCUT2D eigenvalue weighted by Crippen LogP contribution is -2.18. The van der Waals surface area contributed by atoms with Gasteiger partial charge in [-0.2, -0.15) is 0 Å². The number of rotatable bonds is 5. The Morgan fingerprint density at radius 1 is 1.12 bits per heavy atom. The summed E-state index contributed by atoms with van der Waals surface area (Å²) < 4.78 is 25.7. The molecule has 0 aliphatic rings. The quantitative estimate of drug-likeness (QED) is 0.597. The molecule has 0 aliphatic heterocycles. The summed E-state index contributed by atoms with van der Waals surface area (Å²) in [6.45, 7) is 3.31. The highest BCUT2D eigenvalue weighted by Crippen LogP contribution is 2.07. The van der Waals surface area contributed by atoms with Crippen LogP contribution in [0.4, 0.5) is 8.78 Å². The molecule has 0 bridgehead atoms. The molecule has 86 valence electrons. The van der Waals surface area contributed by atoms with Crippen LogP contribution in [0.15, 0.2) is 18.2 Å². The molecule has 0 aliphatic carbocycles. The van der Waals surface area contributed by atoms with Gasteiger partial charge in [0.15, 0.2) is 0 Å². The number of hydrogen-bond acceptors (Lipinski definition) is 1. The fraction of sp³-hybridized carbons (Fsp3) is 0.385. The van der Waals surface area contributed by atoms with Gasteiger partial charge in [0, 0.05) is 19.0 Å². The average molecular weight is 223 g/mol. The Kier molecular flexibility index (Phi) is 5.52. The van der Waals surface area contributed by atoms with Gasteiger partial charge in [-0.25, -0.2) is 8.78 Å². The van der Waals surface area contributed by atoms with Gasteiger partial charge in [-0.05, 0) is 37.6 Å². The van der Waals surface area contributed by atoms with Crippen LogP contribution in [0.5, 0.6) is 0 Å². The van der Waals surface area contributed by atoms with Gasteiger partial charge in [0.1, 0.15) is 11.6 Å². The minimum atomic E-state index is -0.521. The molecule has 0 unspecified atom stereocenters. The third-order valence-electron chi connectivity index (χ3n) is 2.12. The molecule has 0 atom stereocenters. The summed E-state index contributed by atoms with van der Waals surface area (Å²) in [6, 6.07) is 3.60. The largest absolute Gasteiger partial charge is 0.315 e. The van der Waals surface area contributed by atoms with E-state index in [9.17, 15) is 8.78 Å². The van der Waals surface area contributed by atoms with Gasteiger partial charge >= 0.3 is 0 Å². The molecule has 0 saturated heterocycles. The van der Waals surface area contributed by atoms with E-state index in [4.69, 9.17) is 0 Å². The Hall–Kier alpha value is -1.40. The summed E-state index contributed by atoms with van der Waals surface area (Å²) in [6.07, 6.45) is 1.42. The highest BCUT2D eigenvalue weighted by Gasteiger charge is 1.99. The van der Waals surface area contributed by atoms with Gasteiger partial charge in [0.05, 0.1) is 0 Å². The summed E-state index contributed by atoms with van der Waals surface area (Å²) in [5.74, 6) is 4.69. The monoisotopic (exact) mass is 223 g/mol. The molecule has 1 N–H and O–H groups in total. The lowest BCUT2D eigenvalue weighted by molar-refractivity contribution is 0.578. The Bertz CT molecular complexity index is 370. The summed E-state index contributed by atoms with van der Waals surface area (Å²) in [5, 5.41) is 3.16. The third kappa shape index (κ3) is 4.90. The van der Waals surface area contributed by atoms with E-state index in [0.29, 0.717) is 18.5 Å². The first-order valence-corrected chi connectivity index (χ1v) is 5.27. The smallest absolute Gasteiger partial charge is 0.126 e. The minimum Gasteiger partial charge on any atom is -0.315 e. The first-order chi connectivity index (χ1) is 7.72. The molecule has 0 radical (unpaired) electrons. The fourth-order valence-corrected chi connectivity index (χ4v) is 1.39. The van der Waals surface area contributed by atoms with Crippen LogP contribution in [0.25, 0.3) is 0 Å². The molecule has 1 nitrogen and oxygen atoms in total. The predicted octanol–water partition coefficient (Wildman–Crippen LogP) is 2.51. The Morgan fingerprint density at radius 2 is 1.81 bits per heavy atom. The van der Waals surface area contributed by atoms with Crippen LogP contribution in [0.3, 0.4) is 0 Å². The van der Waals surface area contributed by atoms with Gasteiger partial charge < -0.3 is 5.32 Å². The van der Waals surface area contributed by atoms with E-state index in [0.717, 1.165) is 19.0 Å². The van der Waals surface area contributed by atoms with Crippen LogP contribution in [0.1, 0.15) is 18.9 Å². The molecule has 0 aromatic heterocycles. The maximum Gasteiger partial charge on any atom is 0.126 e. The molecule has 0 amide bonds. The topological polar surface area (TPSA) is 12.0 Å². The van der Waals surface area contributed by atoms with Crippen molar-refractivity contribution in [2.75, 3.05) is 13.1 Å². The van der Waals surface area contributed by atoms with E-state index in [1.807, 2.05) is 0 Å². The second-order valence-corrected chi connectivity index (χ2v) is 3.45. The molecular formula is C13H15F2N. The Balaban J connectivity index is 2.28. The summed E-state index contributed by atoms with van der Waals surface area (Å²) in [5.41, 5.74) is 0.673. The Labute approximate surface area is 94.9 Å². The zero-order valence-electron chi connectivity index (χ0n) is 9.32. The maximum absolute atomic E-state index is 12.8. The van der Waals surface area contributed by atoms with Crippen LogP contribution < -0.4 is 5.32 Å². The first kappa shape index (κ1) is 12.7. The van der Waals surface area contributed by atoms with Crippen molar-refractivity contribution in [3.63, 3.8) is 0 Å². The second-order valence-electron chi connectivity index (χ2n) is 3.45. The second kappa shape index (κ2) is 6.97. The van der Waals surface area contributed by atoms with Crippen LogP contribution >= 0.6 is 0 Å². The van der Waals surface area contributed by atoms with Gasteiger partial charge in [0.2, 0.25) is 0 Å². The van der Waals surface area contributed by atoms with E-state index >= 15 is 0 Å². The van der Waals surface area contributed by atoms with Crippen molar-refractivity contribution in [3.8, 4) is 11.8 Å². The molecule has 0 saturated carbocycles. The van der Waals surface area contributed by atoms with Crippen molar-refractivity contribution in [3.05, 3.63) is 35.4 Å². The molecule has 1 rings (SSSR count). The minimum absolute atomic E-state index is 0.521. The average Bonchev–Trinajstić information content (AvgIpc) is 2.22. The number of hydrogen-bond donors (Lipinski definition) is 1. The first-order valence-electron chi connectivity index (χ1n) is 5.27. The molecule has 1 aromatic carbocycles. The molecule has 1 aromatic rings. The van der Waals surface area contributed by atoms with Crippen molar-refractivity contribution in [1.82, 2.24) is 5.32 Å². The van der Waals surface area contributed by atoms with Gasteiger partial charge in [-0.15, -0.1) is 11.8 Å². The highest BCUT2D eigenvalue weighted by molar-refractivity contribution is 5.18. The molecule has 16 heavy (non-hydrogen) atoms. The molecular weight excluding hydrogens is 208 g/mol. The number of nitrogens with one attached hydrogen (secondary N) is 1. The van der Waals surface area contributed by atoms with Gasteiger partial charge in [0.25, 0.3) is 0 Å². The molecule has 0 fully saturated rings. The van der Waals surface area contributed by atoms with Gasteiger partial charge in [-0.3, -0.25) is 0 Å². The lowest BCUT2D eigenvalue weighted by Gasteiger charge is -2.03. The van der Waals surface area contributed by atoms with Gasteiger partial charge in [-0.1, -0.05) is 0 Å². The van der Waals surface area contributed by atoms with Crippen molar-refractivity contribution < 1.29 is 8.78 Å². The molecule has 0 heterocycles. The number of benzene rings is 1. The maximum atomic E-state index is 12.8. The van der Waals surface area contributed by atoms with Crippen molar-refractivity contribution in [1.29, 1.82) is 0 Å². The summed E-state index contributed by atoms with van der Waals surface area (Å²) in [7, 11) is 0. The summed E-state index contributed by atoms with van der Waals surface area (Å²) in [4.78, 5) is 0. The van der Waals surface area contributed by atoms with Crippen LogP contribution in [-0.2, 0) is 6.42 Å². The highest BCUT2D eigenvalue weighted by atomic mass is 19.1. The van der Waals surface area contributed by atoms with Crippen LogP contribution in [0.2, 0.25) is 0 Å². The standard InChI is InChI=1S/C13H15F2N/c1-2-3-4-6-16-7-5-11-8-12(14)10-13(15)9-11/h8-10,16H,4-7H2,1H3. The lowest BCUT2D eigenvalue weighted by atomic mass is 10.1. The SMILES string of the molecule is CC#CCCNCCc1cc(F)cc(F)c1. The van der Waals surface area contributed by atoms with Crippen LogP contribution in [-0.4, -0.2) is 13.1 Å². The van der Waals surface area contributed by atoms with E-state index in [-0.39, 0.29) is 0 Å². The fourth-order valence-electron chi connectivity index (χ4n) is 1.39. The predicted molar refractivity (Wildman–Crippen MR) is 61.0 cm³/mol. The van der Waals surface area contributed by atoms with E-state index in [1.165, 1.54) is 12.1 Å². The van der Waals surface area contributed by atoms with Crippen LogP contribution in [0, 0.1) is 23.5 Å². The zero-order chi connectivity index (χ0) is 11.8. The zero-order valence-corrected chi connectivity index (χ0v) is 9.32. The van der Waals surface area contributed by atoms with E-state index in [1.54, 1.807) is 6.92 Å². The van der Waals surface area contributed by atoms with E-state index in [2.05, 4.69) is 17.2 Å². The third-order valence-corrected chi connectivity index (χ3v) is 2.12. The summed E-state index contributed by atoms with van der Waals surface area (Å²) >= 11 is 0. The van der Waals surface area contributed by atoms with Crippen molar-refractivity contribution in [2.24, 2.45) is 0 Å². The molecule has 3 heteroatoms.